The lowest BCUT2D eigenvalue weighted by Crippen LogP contribution is -2.22. The number of nitrogens with zero attached hydrogens (tertiary/aromatic N) is 2. The molecule has 0 aromatic heterocycles. The van der Waals surface area contributed by atoms with E-state index in [1.165, 1.54) is 6.07 Å². The van der Waals surface area contributed by atoms with Gasteiger partial charge in [-0.25, -0.2) is 13.6 Å². The van der Waals surface area contributed by atoms with Crippen LogP contribution in [0.25, 0.3) is 0 Å². The summed E-state index contributed by atoms with van der Waals surface area (Å²) in [7, 11) is -3.52. The molecule has 0 radical (unpaired) electrons. The summed E-state index contributed by atoms with van der Waals surface area (Å²) in [5.74, 6) is 0. The number of rotatable bonds is 6. The minimum Gasteiger partial charge on any atom is -0.369 e. The van der Waals surface area contributed by atoms with Crippen LogP contribution in [-0.4, -0.2) is 30.9 Å². The SMILES string of the molecule is CN(Cc1ccc(S(C)=O)cc1)c1cc([N+](=O)[O-])ccc1S(N)(=O)=O. The fourth-order valence-electron chi connectivity index (χ4n) is 2.30. The van der Waals surface area contributed by atoms with Gasteiger partial charge in [0.25, 0.3) is 5.69 Å². The molecule has 0 aliphatic heterocycles. The van der Waals surface area contributed by atoms with Gasteiger partial charge in [-0.1, -0.05) is 12.1 Å². The number of benzene rings is 2. The first kappa shape index (κ1) is 19.0. The van der Waals surface area contributed by atoms with Crippen LogP contribution in [0.3, 0.4) is 0 Å². The molecule has 2 rings (SSSR count). The van der Waals surface area contributed by atoms with Crippen LogP contribution in [0.2, 0.25) is 0 Å². The van der Waals surface area contributed by atoms with Gasteiger partial charge in [-0.3, -0.25) is 14.3 Å². The smallest absolute Gasteiger partial charge is 0.271 e. The summed E-state index contributed by atoms with van der Waals surface area (Å²) in [5.41, 5.74) is 0.731. The van der Waals surface area contributed by atoms with Crippen molar-refractivity contribution >= 4 is 32.2 Å². The summed E-state index contributed by atoms with van der Waals surface area (Å²) in [6.45, 7) is 0.292. The standard InChI is InChI=1S/C15H17N3O5S2/c1-17(10-11-3-6-13(7-4-11)24(2)21)14-9-12(18(19)20)5-8-15(14)25(16,22)23/h3-9H,10H2,1-2H3,(H2,16,22,23). The Kier molecular flexibility index (Phi) is 5.55. The van der Waals surface area contributed by atoms with Crippen LogP contribution in [0, 0.1) is 10.1 Å². The number of nitro groups is 1. The molecule has 0 spiro atoms. The number of hydrogen-bond donors (Lipinski definition) is 1. The van der Waals surface area contributed by atoms with Gasteiger partial charge in [-0.15, -0.1) is 0 Å². The molecule has 0 heterocycles. The van der Waals surface area contributed by atoms with Crippen LogP contribution < -0.4 is 10.0 Å². The molecule has 2 N–H and O–H groups in total. The summed E-state index contributed by atoms with van der Waals surface area (Å²) in [5, 5.41) is 16.2. The Morgan fingerprint density at radius 3 is 2.28 bits per heavy atom. The molecule has 1 atom stereocenters. The average Bonchev–Trinajstić information content (AvgIpc) is 2.53. The van der Waals surface area contributed by atoms with Gasteiger partial charge >= 0.3 is 0 Å². The highest BCUT2D eigenvalue weighted by Crippen LogP contribution is 2.29. The first-order valence-corrected chi connectivity index (χ1v) is 10.1. The molecule has 2 aromatic carbocycles. The predicted octanol–water partition coefficient (Wildman–Crippen LogP) is 1.62. The number of sulfonamides is 1. The van der Waals surface area contributed by atoms with Crippen molar-refractivity contribution in [2.24, 2.45) is 5.14 Å². The van der Waals surface area contributed by atoms with E-state index in [1.807, 2.05) is 0 Å². The second-order valence-electron chi connectivity index (χ2n) is 5.41. The molecule has 8 nitrogen and oxygen atoms in total. The fraction of sp³-hybridized carbons (Fsp3) is 0.200. The van der Waals surface area contributed by atoms with E-state index in [0.29, 0.717) is 11.4 Å². The van der Waals surface area contributed by atoms with E-state index in [0.717, 1.165) is 17.7 Å². The maximum atomic E-state index is 11.8. The van der Waals surface area contributed by atoms with Crippen LogP contribution >= 0.6 is 0 Å². The van der Waals surface area contributed by atoms with Crippen molar-refractivity contribution in [1.29, 1.82) is 0 Å². The van der Waals surface area contributed by atoms with Gasteiger partial charge in [0.15, 0.2) is 0 Å². The zero-order valence-electron chi connectivity index (χ0n) is 13.6. The van der Waals surface area contributed by atoms with Crippen LogP contribution in [0.5, 0.6) is 0 Å². The molecular weight excluding hydrogens is 366 g/mol. The van der Waals surface area contributed by atoms with E-state index in [4.69, 9.17) is 5.14 Å². The van der Waals surface area contributed by atoms with E-state index in [1.54, 1.807) is 42.5 Å². The zero-order chi connectivity index (χ0) is 18.8. The van der Waals surface area contributed by atoms with E-state index < -0.39 is 25.7 Å². The number of non-ortho nitro benzene ring substituents is 1. The Labute approximate surface area is 147 Å². The molecule has 1 unspecified atom stereocenters. The minimum atomic E-state index is -4.04. The van der Waals surface area contributed by atoms with Gasteiger partial charge < -0.3 is 4.90 Å². The topological polar surface area (TPSA) is 124 Å². The molecule has 10 heteroatoms. The summed E-state index contributed by atoms with van der Waals surface area (Å²) in [6.07, 6.45) is 1.57. The monoisotopic (exact) mass is 383 g/mol. The van der Waals surface area contributed by atoms with E-state index in [-0.39, 0.29) is 16.3 Å². The van der Waals surface area contributed by atoms with Gasteiger partial charge in [0.2, 0.25) is 10.0 Å². The van der Waals surface area contributed by atoms with Crippen LogP contribution in [0.1, 0.15) is 5.56 Å². The zero-order valence-corrected chi connectivity index (χ0v) is 15.2. The second kappa shape index (κ2) is 7.30. The number of nitrogens with two attached hydrogens (primary N) is 1. The maximum Gasteiger partial charge on any atom is 0.271 e. The molecule has 0 aliphatic rings. The van der Waals surface area contributed by atoms with Crippen molar-refractivity contribution in [3.05, 3.63) is 58.1 Å². The first-order valence-electron chi connectivity index (χ1n) is 7.04. The summed E-state index contributed by atoms with van der Waals surface area (Å²) in [4.78, 5) is 12.4. The van der Waals surface area contributed by atoms with Gasteiger partial charge in [-0.05, 0) is 23.8 Å². The molecule has 0 bridgehead atoms. The molecule has 0 saturated carbocycles. The third kappa shape index (κ3) is 4.62. The third-order valence-corrected chi connectivity index (χ3v) is 5.44. The Morgan fingerprint density at radius 2 is 1.80 bits per heavy atom. The van der Waals surface area contributed by atoms with Crippen LogP contribution in [0.15, 0.2) is 52.3 Å². The van der Waals surface area contributed by atoms with Crippen molar-refractivity contribution in [3.8, 4) is 0 Å². The van der Waals surface area contributed by atoms with E-state index in [2.05, 4.69) is 0 Å². The maximum absolute atomic E-state index is 11.8. The van der Waals surface area contributed by atoms with Crippen LogP contribution in [-0.2, 0) is 27.4 Å². The normalized spacial score (nSPS) is 12.6. The molecule has 0 saturated heterocycles. The average molecular weight is 383 g/mol. The number of nitro benzene ring substituents is 1. The Bertz CT molecular complexity index is 927. The number of primary sulfonamides is 1. The quantitative estimate of drug-likeness (QED) is 0.597. The molecule has 0 amide bonds. The Hall–Kier alpha value is -2.30. The van der Waals surface area contributed by atoms with Gasteiger partial charge in [0.1, 0.15) is 4.90 Å². The highest BCUT2D eigenvalue weighted by Gasteiger charge is 2.20. The highest BCUT2D eigenvalue weighted by atomic mass is 32.2. The summed E-state index contributed by atoms with van der Waals surface area (Å²) >= 11 is 0. The molecule has 25 heavy (non-hydrogen) atoms. The minimum absolute atomic E-state index is 0.139. The fourth-order valence-corrected chi connectivity index (χ4v) is 3.59. The molecule has 0 aliphatic carbocycles. The van der Waals surface area contributed by atoms with E-state index in [9.17, 15) is 22.7 Å². The largest absolute Gasteiger partial charge is 0.369 e. The van der Waals surface area contributed by atoms with Crippen molar-refractivity contribution < 1.29 is 17.6 Å². The lowest BCUT2D eigenvalue weighted by molar-refractivity contribution is -0.384. The molecule has 0 fully saturated rings. The molecule has 2 aromatic rings. The Balaban J connectivity index is 2.39. The van der Waals surface area contributed by atoms with Gasteiger partial charge in [0, 0.05) is 47.7 Å². The number of hydrogen-bond acceptors (Lipinski definition) is 6. The van der Waals surface area contributed by atoms with Crippen LogP contribution in [0.4, 0.5) is 11.4 Å². The lowest BCUT2D eigenvalue weighted by atomic mass is 10.2. The number of anilines is 1. The van der Waals surface area contributed by atoms with Crippen molar-refractivity contribution in [1.82, 2.24) is 0 Å². The first-order chi connectivity index (χ1) is 11.6. The molecular formula is C15H17N3O5S2. The highest BCUT2D eigenvalue weighted by molar-refractivity contribution is 7.89. The van der Waals surface area contributed by atoms with Crippen molar-refractivity contribution in [2.75, 3.05) is 18.2 Å². The summed E-state index contributed by atoms with van der Waals surface area (Å²) in [6, 6.07) is 10.4. The predicted molar refractivity (Wildman–Crippen MR) is 95.4 cm³/mol. The Morgan fingerprint density at radius 1 is 1.20 bits per heavy atom. The van der Waals surface area contributed by atoms with Gasteiger partial charge in [-0.2, -0.15) is 0 Å². The third-order valence-electron chi connectivity index (χ3n) is 3.55. The van der Waals surface area contributed by atoms with Gasteiger partial charge in [0.05, 0.1) is 10.6 Å². The van der Waals surface area contributed by atoms with Crippen molar-refractivity contribution in [2.45, 2.75) is 16.3 Å². The second-order valence-corrected chi connectivity index (χ2v) is 8.32. The van der Waals surface area contributed by atoms with E-state index >= 15 is 0 Å². The van der Waals surface area contributed by atoms with Crippen molar-refractivity contribution in [3.63, 3.8) is 0 Å². The molecule has 134 valence electrons. The lowest BCUT2D eigenvalue weighted by Gasteiger charge is -2.21. The summed E-state index contributed by atoms with van der Waals surface area (Å²) < 4.78 is 34.9.